The molecule has 4 aromatic rings. The van der Waals surface area contributed by atoms with Crippen LogP contribution in [0, 0.1) is 0 Å². The molecule has 0 aliphatic rings. The lowest BCUT2D eigenvalue weighted by atomic mass is 9.97. The first-order valence-electron chi connectivity index (χ1n) is 11.2. The van der Waals surface area contributed by atoms with Gasteiger partial charge in [-0.25, -0.2) is 4.79 Å². The molecule has 1 N–H and O–H groups in total. The van der Waals surface area contributed by atoms with Crippen LogP contribution in [0.25, 0.3) is 21.5 Å². The van der Waals surface area contributed by atoms with Gasteiger partial charge in [-0.05, 0) is 72.6 Å². The number of nitrogens with zero attached hydrogens (tertiary/aromatic N) is 1. The number of amides is 1. The van der Waals surface area contributed by atoms with Gasteiger partial charge >= 0.3 is 5.97 Å². The highest BCUT2D eigenvalue weighted by molar-refractivity contribution is 6.16. The molecule has 4 aromatic carbocycles. The molecule has 0 unspecified atom stereocenters. The molecule has 0 spiro atoms. The lowest BCUT2D eigenvalue weighted by molar-refractivity contribution is -0.119. The van der Waals surface area contributed by atoms with Crippen LogP contribution in [-0.2, 0) is 9.53 Å². The summed E-state index contributed by atoms with van der Waals surface area (Å²) in [5.74, 6) is -0.888. The summed E-state index contributed by atoms with van der Waals surface area (Å²) >= 11 is 0. The molecule has 0 aliphatic heterocycles. The van der Waals surface area contributed by atoms with Crippen LogP contribution in [0.15, 0.2) is 78.9 Å². The van der Waals surface area contributed by atoms with Crippen molar-refractivity contribution in [1.29, 1.82) is 0 Å². The molecule has 5 nitrogen and oxygen atoms in total. The van der Waals surface area contributed by atoms with Gasteiger partial charge in [0.05, 0.1) is 5.56 Å². The fraction of sp³-hybridized carbons (Fsp3) is 0.214. The lowest BCUT2D eigenvalue weighted by Crippen LogP contribution is -2.30. The Bertz CT molecular complexity index is 1240. The zero-order valence-electron chi connectivity index (χ0n) is 19.2. The molecule has 1 amide bonds. The standard InChI is InChI=1S/C28H28N2O3/c1-4-30(19(2)3)23-15-13-22(14-16-23)29-26(31)18-33-28(32)27-24-11-7-5-9-20(24)17-21-10-6-8-12-25(21)27/h5-17,19H,4,18H2,1-3H3,(H,29,31). The van der Waals surface area contributed by atoms with Crippen molar-refractivity contribution in [3.8, 4) is 0 Å². The van der Waals surface area contributed by atoms with Crippen molar-refractivity contribution in [2.24, 2.45) is 0 Å². The van der Waals surface area contributed by atoms with E-state index in [-0.39, 0.29) is 12.5 Å². The first-order chi connectivity index (χ1) is 16.0. The Morgan fingerprint density at radius 3 is 2.00 bits per heavy atom. The number of carbonyl (C=O) groups is 2. The van der Waals surface area contributed by atoms with Crippen LogP contribution in [0.1, 0.15) is 31.1 Å². The van der Waals surface area contributed by atoms with Crippen molar-refractivity contribution in [2.45, 2.75) is 26.8 Å². The summed E-state index contributed by atoms with van der Waals surface area (Å²) in [6.07, 6.45) is 0. The maximum Gasteiger partial charge on any atom is 0.339 e. The van der Waals surface area contributed by atoms with Crippen molar-refractivity contribution in [3.05, 3.63) is 84.4 Å². The van der Waals surface area contributed by atoms with E-state index in [1.807, 2.05) is 72.8 Å². The van der Waals surface area contributed by atoms with Crippen LogP contribution >= 0.6 is 0 Å². The van der Waals surface area contributed by atoms with Gasteiger partial charge in [-0.3, -0.25) is 4.79 Å². The maximum absolute atomic E-state index is 13.0. The van der Waals surface area contributed by atoms with E-state index in [9.17, 15) is 9.59 Å². The van der Waals surface area contributed by atoms with Gasteiger partial charge in [0, 0.05) is 24.0 Å². The summed E-state index contributed by atoms with van der Waals surface area (Å²) < 4.78 is 5.43. The number of hydrogen-bond donors (Lipinski definition) is 1. The van der Waals surface area contributed by atoms with Crippen molar-refractivity contribution in [2.75, 3.05) is 23.4 Å². The van der Waals surface area contributed by atoms with E-state index in [0.717, 1.165) is 33.8 Å². The van der Waals surface area contributed by atoms with Crippen molar-refractivity contribution < 1.29 is 14.3 Å². The van der Waals surface area contributed by atoms with Gasteiger partial charge < -0.3 is 15.0 Å². The third-order valence-corrected chi connectivity index (χ3v) is 5.76. The summed E-state index contributed by atoms with van der Waals surface area (Å²) in [6, 6.07) is 25.5. The van der Waals surface area contributed by atoms with Gasteiger partial charge in [0.1, 0.15) is 0 Å². The second kappa shape index (κ2) is 9.74. The van der Waals surface area contributed by atoms with Crippen LogP contribution in [0.2, 0.25) is 0 Å². The molecular formula is C28H28N2O3. The fourth-order valence-corrected chi connectivity index (χ4v) is 4.22. The lowest BCUT2D eigenvalue weighted by Gasteiger charge is -2.27. The summed E-state index contributed by atoms with van der Waals surface area (Å²) in [6.45, 7) is 6.95. The molecule has 0 heterocycles. The minimum absolute atomic E-state index is 0.356. The zero-order valence-corrected chi connectivity index (χ0v) is 19.2. The monoisotopic (exact) mass is 440 g/mol. The minimum Gasteiger partial charge on any atom is -0.452 e. The number of hydrogen-bond acceptors (Lipinski definition) is 4. The van der Waals surface area contributed by atoms with E-state index >= 15 is 0 Å². The number of rotatable bonds is 7. The molecule has 4 rings (SSSR count). The normalized spacial score (nSPS) is 11.0. The van der Waals surface area contributed by atoms with Crippen molar-refractivity contribution in [1.82, 2.24) is 0 Å². The van der Waals surface area contributed by atoms with E-state index < -0.39 is 5.97 Å². The van der Waals surface area contributed by atoms with Crippen LogP contribution in [0.4, 0.5) is 11.4 Å². The average Bonchev–Trinajstić information content (AvgIpc) is 2.82. The summed E-state index contributed by atoms with van der Waals surface area (Å²) in [5.41, 5.74) is 2.24. The largest absolute Gasteiger partial charge is 0.452 e. The van der Waals surface area contributed by atoms with Crippen LogP contribution in [0.3, 0.4) is 0 Å². The van der Waals surface area contributed by atoms with Crippen molar-refractivity contribution >= 4 is 44.8 Å². The Morgan fingerprint density at radius 2 is 1.45 bits per heavy atom. The average molecular weight is 441 g/mol. The molecule has 0 aliphatic carbocycles. The van der Waals surface area contributed by atoms with Gasteiger partial charge in [-0.15, -0.1) is 0 Å². The molecule has 0 atom stereocenters. The second-order valence-electron chi connectivity index (χ2n) is 8.24. The Labute approximate surface area is 194 Å². The SMILES string of the molecule is CCN(c1ccc(NC(=O)COC(=O)c2c3ccccc3cc3ccccc23)cc1)C(C)C. The topological polar surface area (TPSA) is 58.6 Å². The molecule has 5 heteroatoms. The maximum atomic E-state index is 13.0. The Balaban J connectivity index is 1.47. The van der Waals surface area contributed by atoms with Gasteiger partial charge in [0.15, 0.2) is 6.61 Å². The van der Waals surface area contributed by atoms with Gasteiger partial charge in [0.2, 0.25) is 0 Å². The number of fused-ring (bicyclic) bond motifs is 2. The van der Waals surface area contributed by atoms with Gasteiger partial charge in [-0.1, -0.05) is 48.5 Å². The Kier molecular flexibility index (Phi) is 6.59. The summed E-state index contributed by atoms with van der Waals surface area (Å²) in [5, 5.41) is 6.33. The summed E-state index contributed by atoms with van der Waals surface area (Å²) in [4.78, 5) is 27.8. The molecule has 0 aromatic heterocycles. The minimum atomic E-state index is -0.510. The molecule has 0 saturated heterocycles. The first-order valence-corrected chi connectivity index (χ1v) is 11.2. The number of benzene rings is 4. The first kappa shape index (κ1) is 22.3. The molecular weight excluding hydrogens is 412 g/mol. The van der Waals surface area contributed by atoms with E-state index in [1.54, 1.807) is 0 Å². The molecule has 0 radical (unpaired) electrons. The Hall–Kier alpha value is -3.86. The van der Waals surface area contributed by atoms with E-state index in [0.29, 0.717) is 17.3 Å². The van der Waals surface area contributed by atoms with E-state index in [1.165, 1.54) is 0 Å². The van der Waals surface area contributed by atoms with Gasteiger partial charge in [-0.2, -0.15) is 0 Å². The smallest absolute Gasteiger partial charge is 0.339 e. The number of ether oxygens (including phenoxy) is 1. The molecule has 168 valence electrons. The molecule has 33 heavy (non-hydrogen) atoms. The third kappa shape index (κ3) is 4.82. The highest BCUT2D eigenvalue weighted by Gasteiger charge is 2.17. The highest BCUT2D eigenvalue weighted by atomic mass is 16.5. The highest BCUT2D eigenvalue weighted by Crippen LogP contribution is 2.29. The molecule has 0 bridgehead atoms. The quantitative estimate of drug-likeness (QED) is 0.282. The second-order valence-corrected chi connectivity index (χ2v) is 8.24. The number of esters is 1. The van der Waals surface area contributed by atoms with Crippen LogP contribution in [0.5, 0.6) is 0 Å². The van der Waals surface area contributed by atoms with Crippen molar-refractivity contribution in [3.63, 3.8) is 0 Å². The van der Waals surface area contributed by atoms with Gasteiger partial charge in [0.25, 0.3) is 5.91 Å². The summed E-state index contributed by atoms with van der Waals surface area (Å²) in [7, 11) is 0. The van der Waals surface area contributed by atoms with Crippen LogP contribution in [-0.4, -0.2) is 31.1 Å². The third-order valence-electron chi connectivity index (χ3n) is 5.76. The number of nitrogens with one attached hydrogen (secondary N) is 1. The van der Waals surface area contributed by atoms with E-state index in [4.69, 9.17) is 4.74 Å². The van der Waals surface area contributed by atoms with Crippen LogP contribution < -0.4 is 10.2 Å². The number of carbonyl (C=O) groups excluding carboxylic acids is 2. The Morgan fingerprint density at radius 1 is 0.879 bits per heavy atom. The predicted molar refractivity (Wildman–Crippen MR) is 135 cm³/mol. The predicted octanol–water partition coefficient (Wildman–Crippen LogP) is 6.02. The molecule has 0 saturated carbocycles. The number of anilines is 2. The zero-order chi connectivity index (χ0) is 23.4. The van der Waals surface area contributed by atoms with E-state index in [2.05, 4.69) is 37.1 Å². The molecule has 0 fully saturated rings. The fourth-order valence-electron chi connectivity index (χ4n) is 4.22.